The van der Waals surface area contributed by atoms with Gasteiger partial charge in [-0.2, -0.15) is 0 Å². The molecule has 0 bridgehead atoms. The Balaban J connectivity index is 0.000001000. The van der Waals surface area contributed by atoms with Gasteiger partial charge in [0.1, 0.15) is 0 Å². The molecule has 62 valence electrons. The highest BCUT2D eigenvalue weighted by Gasteiger charge is 1.94. The zero-order valence-electron chi connectivity index (χ0n) is 6.71. The van der Waals surface area contributed by atoms with Crippen LogP contribution in [0, 0.1) is 0 Å². The normalized spacial score (nSPS) is 8.91. The van der Waals surface area contributed by atoms with E-state index in [-0.39, 0.29) is 17.0 Å². The first kappa shape index (κ1) is 10.7. The van der Waals surface area contributed by atoms with Gasteiger partial charge in [-0.05, 0) is 17.5 Å². The van der Waals surface area contributed by atoms with Gasteiger partial charge >= 0.3 is 0 Å². The van der Waals surface area contributed by atoms with Gasteiger partial charge in [-0.25, -0.2) is 0 Å². The van der Waals surface area contributed by atoms with Gasteiger partial charge in [0.2, 0.25) is 0 Å². The van der Waals surface area contributed by atoms with E-state index >= 15 is 0 Å². The summed E-state index contributed by atoms with van der Waals surface area (Å²) in [5, 5.41) is 0. The van der Waals surface area contributed by atoms with Crippen LogP contribution < -0.4 is 5.73 Å². The third-order valence-electron chi connectivity index (χ3n) is 1.72. The third-order valence-corrected chi connectivity index (χ3v) is 1.72. The lowest BCUT2D eigenvalue weighted by Gasteiger charge is -2.02. The largest absolute Gasteiger partial charge is 0.326 e. The van der Waals surface area contributed by atoms with Gasteiger partial charge < -0.3 is 5.73 Å². The van der Waals surface area contributed by atoms with Crippen LogP contribution in [0.25, 0.3) is 0 Å². The molecular formula is C9H14BrN. The highest BCUT2D eigenvalue weighted by Crippen LogP contribution is 2.07. The standard InChI is InChI=1S/C9H13N.BrH/c1-2-8-5-3-4-6-9(8)7-10;/h3-6H,2,7,10H2,1H3;1H. The van der Waals surface area contributed by atoms with E-state index in [0.717, 1.165) is 6.42 Å². The summed E-state index contributed by atoms with van der Waals surface area (Å²) in [7, 11) is 0. The summed E-state index contributed by atoms with van der Waals surface area (Å²) in [4.78, 5) is 0. The second-order valence-electron chi connectivity index (χ2n) is 2.33. The van der Waals surface area contributed by atoms with Crippen molar-refractivity contribution in [3.05, 3.63) is 35.4 Å². The minimum Gasteiger partial charge on any atom is -0.326 e. The Morgan fingerprint density at radius 2 is 1.73 bits per heavy atom. The molecule has 0 fully saturated rings. The number of benzene rings is 1. The second kappa shape index (κ2) is 5.33. The Labute approximate surface area is 78.4 Å². The van der Waals surface area contributed by atoms with Crippen LogP contribution in [0.2, 0.25) is 0 Å². The van der Waals surface area contributed by atoms with Crippen LogP contribution in [0.1, 0.15) is 18.1 Å². The molecule has 2 N–H and O–H groups in total. The fourth-order valence-electron chi connectivity index (χ4n) is 1.10. The summed E-state index contributed by atoms with van der Waals surface area (Å²) in [5.41, 5.74) is 8.16. The van der Waals surface area contributed by atoms with Gasteiger partial charge in [-0.3, -0.25) is 0 Å². The first-order valence-electron chi connectivity index (χ1n) is 3.65. The summed E-state index contributed by atoms with van der Waals surface area (Å²) in [5.74, 6) is 0. The Bertz CT molecular complexity index is 187. The maximum Gasteiger partial charge on any atom is 0.0180 e. The molecule has 0 atom stereocenters. The lowest BCUT2D eigenvalue weighted by Crippen LogP contribution is -1.99. The van der Waals surface area contributed by atoms with Gasteiger partial charge in [0.15, 0.2) is 0 Å². The predicted molar refractivity (Wildman–Crippen MR) is 54.0 cm³/mol. The number of hydrogen-bond donors (Lipinski definition) is 1. The zero-order chi connectivity index (χ0) is 7.40. The van der Waals surface area contributed by atoms with Gasteiger partial charge in [0, 0.05) is 6.54 Å². The molecule has 0 aliphatic carbocycles. The number of hydrogen-bond acceptors (Lipinski definition) is 1. The molecule has 1 aromatic rings. The monoisotopic (exact) mass is 215 g/mol. The fourth-order valence-corrected chi connectivity index (χ4v) is 1.10. The molecule has 0 saturated heterocycles. The molecule has 0 aliphatic rings. The minimum atomic E-state index is 0. The Hall–Kier alpha value is -0.340. The molecule has 0 aromatic heterocycles. The summed E-state index contributed by atoms with van der Waals surface area (Å²) in [6.45, 7) is 2.80. The van der Waals surface area contributed by atoms with E-state index < -0.39 is 0 Å². The van der Waals surface area contributed by atoms with Crippen LogP contribution >= 0.6 is 17.0 Å². The Kier molecular flexibility index (Phi) is 5.16. The van der Waals surface area contributed by atoms with Gasteiger partial charge in [-0.15, -0.1) is 17.0 Å². The van der Waals surface area contributed by atoms with Crippen LogP contribution in [0.3, 0.4) is 0 Å². The molecule has 2 heteroatoms. The first-order valence-corrected chi connectivity index (χ1v) is 3.65. The van der Waals surface area contributed by atoms with Crippen molar-refractivity contribution in [1.29, 1.82) is 0 Å². The summed E-state index contributed by atoms with van der Waals surface area (Å²) < 4.78 is 0. The van der Waals surface area contributed by atoms with E-state index in [9.17, 15) is 0 Å². The van der Waals surface area contributed by atoms with Crippen LogP contribution in [-0.4, -0.2) is 0 Å². The molecule has 0 amide bonds. The average Bonchev–Trinajstić information content (AvgIpc) is 2.04. The highest BCUT2D eigenvalue weighted by molar-refractivity contribution is 8.93. The van der Waals surface area contributed by atoms with Crippen molar-refractivity contribution in [3.63, 3.8) is 0 Å². The van der Waals surface area contributed by atoms with Gasteiger partial charge in [0.05, 0.1) is 0 Å². The van der Waals surface area contributed by atoms with Crippen molar-refractivity contribution >= 4 is 17.0 Å². The number of halogens is 1. The van der Waals surface area contributed by atoms with Crippen molar-refractivity contribution in [2.75, 3.05) is 0 Å². The van der Waals surface area contributed by atoms with Crippen molar-refractivity contribution < 1.29 is 0 Å². The topological polar surface area (TPSA) is 26.0 Å². The molecule has 0 saturated carbocycles. The number of nitrogens with two attached hydrogens (primary N) is 1. The molecule has 11 heavy (non-hydrogen) atoms. The van der Waals surface area contributed by atoms with Crippen LogP contribution in [0.15, 0.2) is 24.3 Å². The van der Waals surface area contributed by atoms with Crippen molar-refractivity contribution in [2.24, 2.45) is 5.73 Å². The summed E-state index contributed by atoms with van der Waals surface area (Å²) in [6.07, 6.45) is 1.08. The van der Waals surface area contributed by atoms with E-state index in [0.29, 0.717) is 6.54 Å². The van der Waals surface area contributed by atoms with E-state index in [2.05, 4.69) is 25.1 Å². The quantitative estimate of drug-likeness (QED) is 0.806. The van der Waals surface area contributed by atoms with Crippen molar-refractivity contribution in [1.82, 2.24) is 0 Å². The van der Waals surface area contributed by atoms with E-state index in [4.69, 9.17) is 5.73 Å². The van der Waals surface area contributed by atoms with E-state index in [1.807, 2.05) is 6.07 Å². The average molecular weight is 216 g/mol. The Morgan fingerprint density at radius 1 is 1.18 bits per heavy atom. The van der Waals surface area contributed by atoms with Crippen molar-refractivity contribution in [2.45, 2.75) is 19.9 Å². The summed E-state index contributed by atoms with van der Waals surface area (Å²) >= 11 is 0. The molecule has 0 spiro atoms. The molecule has 1 rings (SSSR count). The van der Waals surface area contributed by atoms with E-state index in [1.54, 1.807) is 0 Å². The fraction of sp³-hybridized carbons (Fsp3) is 0.333. The smallest absolute Gasteiger partial charge is 0.0180 e. The molecular weight excluding hydrogens is 202 g/mol. The molecule has 1 nitrogen and oxygen atoms in total. The molecule has 0 radical (unpaired) electrons. The molecule has 0 aliphatic heterocycles. The van der Waals surface area contributed by atoms with Gasteiger partial charge in [-0.1, -0.05) is 31.2 Å². The lowest BCUT2D eigenvalue weighted by molar-refractivity contribution is 1.00. The van der Waals surface area contributed by atoms with Crippen molar-refractivity contribution in [3.8, 4) is 0 Å². The maximum atomic E-state index is 5.53. The third kappa shape index (κ3) is 2.64. The van der Waals surface area contributed by atoms with Crippen LogP contribution in [0.5, 0.6) is 0 Å². The minimum absolute atomic E-state index is 0. The molecule has 0 heterocycles. The maximum absolute atomic E-state index is 5.53. The van der Waals surface area contributed by atoms with E-state index in [1.165, 1.54) is 11.1 Å². The SMILES string of the molecule is Br.CCc1ccccc1CN. The first-order chi connectivity index (χ1) is 4.88. The van der Waals surface area contributed by atoms with Crippen LogP contribution in [0.4, 0.5) is 0 Å². The second-order valence-corrected chi connectivity index (χ2v) is 2.33. The number of aryl methyl sites for hydroxylation is 1. The predicted octanol–water partition coefficient (Wildman–Crippen LogP) is 2.29. The molecule has 0 unspecified atom stereocenters. The van der Waals surface area contributed by atoms with Crippen LogP contribution in [-0.2, 0) is 13.0 Å². The lowest BCUT2D eigenvalue weighted by atomic mass is 10.1. The zero-order valence-corrected chi connectivity index (χ0v) is 8.42. The highest BCUT2D eigenvalue weighted by atomic mass is 79.9. The summed E-state index contributed by atoms with van der Waals surface area (Å²) in [6, 6.07) is 8.29. The van der Waals surface area contributed by atoms with Gasteiger partial charge in [0.25, 0.3) is 0 Å². The number of rotatable bonds is 2. The molecule has 1 aromatic carbocycles. The Morgan fingerprint density at radius 3 is 2.09 bits per heavy atom.